The van der Waals surface area contributed by atoms with Crippen LogP contribution < -0.4 is 4.74 Å². The standard InChI is InChI=1S/C21H19Cl2NO5S/c22-20-14(6-8-18(25)24-9-11-28-12-10-24)5-7-17(21(20)23)30-16-4-2-1-3-15(16)29-13-19(26)27/h1-8H,9-13H2,(H,26,27)/b8-6+. The Balaban J connectivity index is 1.74. The van der Waals surface area contributed by atoms with Crippen molar-refractivity contribution in [3.63, 3.8) is 0 Å². The quantitative estimate of drug-likeness (QED) is 0.604. The van der Waals surface area contributed by atoms with Crippen molar-refractivity contribution in [3.05, 3.63) is 58.1 Å². The Bertz CT molecular complexity index is 960. The van der Waals surface area contributed by atoms with Gasteiger partial charge in [0.15, 0.2) is 6.61 Å². The summed E-state index contributed by atoms with van der Waals surface area (Å²) >= 11 is 14.2. The van der Waals surface area contributed by atoms with Crippen LogP contribution in [-0.4, -0.2) is 54.8 Å². The molecule has 1 fully saturated rings. The molecule has 0 atom stereocenters. The zero-order chi connectivity index (χ0) is 21.5. The van der Waals surface area contributed by atoms with Crippen LogP contribution in [0.2, 0.25) is 10.0 Å². The molecule has 1 aliphatic rings. The Morgan fingerprint density at radius 3 is 2.57 bits per heavy atom. The number of carboxylic acid groups (broad SMARTS) is 1. The van der Waals surface area contributed by atoms with Gasteiger partial charge in [-0.15, -0.1) is 0 Å². The van der Waals surface area contributed by atoms with Gasteiger partial charge in [-0.05, 0) is 29.8 Å². The Hall–Kier alpha value is -2.19. The van der Waals surface area contributed by atoms with E-state index in [1.54, 1.807) is 41.3 Å². The summed E-state index contributed by atoms with van der Waals surface area (Å²) in [7, 11) is 0. The summed E-state index contributed by atoms with van der Waals surface area (Å²) in [5, 5.41) is 9.50. The number of para-hydroxylation sites is 1. The summed E-state index contributed by atoms with van der Waals surface area (Å²) in [6.45, 7) is 1.77. The minimum atomic E-state index is -1.06. The molecular formula is C21H19Cl2NO5S. The van der Waals surface area contributed by atoms with Crippen LogP contribution >= 0.6 is 35.0 Å². The van der Waals surface area contributed by atoms with Gasteiger partial charge in [0.1, 0.15) is 5.75 Å². The molecule has 1 saturated heterocycles. The number of ether oxygens (including phenoxy) is 2. The van der Waals surface area contributed by atoms with Crippen molar-refractivity contribution in [2.24, 2.45) is 0 Å². The number of benzene rings is 2. The van der Waals surface area contributed by atoms with Gasteiger partial charge in [-0.1, -0.05) is 53.2 Å². The largest absolute Gasteiger partial charge is 0.481 e. The average molecular weight is 468 g/mol. The van der Waals surface area contributed by atoms with E-state index >= 15 is 0 Å². The van der Waals surface area contributed by atoms with Crippen molar-refractivity contribution in [1.82, 2.24) is 4.90 Å². The highest BCUT2D eigenvalue weighted by atomic mass is 35.5. The number of carbonyl (C=O) groups excluding carboxylic acids is 1. The molecule has 0 spiro atoms. The molecule has 1 aliphatic heterocycles. The number of amides is 1. The van der Waals surface area contributed by atoms with Crippen LogP contribution in [0.3, 0.4) is 0 Å². The second-order valence-electron chi connectivity index (χ2n) is 6.28. The summed E-state index contributed by atoms with van der Waals surface area (Å²) in [6.07, 6.45) is 3.12. The molecule has 3 rings (SSSR count). The maximum Gasteiger partial charge on any atom is 0.341 e. The van der Waals surface area contributed by atoms with Crippen LogP contribution in [0.1, 0.15) is 5.56 Å². The number of rotatable bonds is 7. The predicted molar refractivity (Wildman–Crippen MR) is 117 cm³/mol. The molecule has 0 bridgehead atoms. The SMILES string of the molecule is O=C(O)COc1ccccc1Sc1ccc(/C=C/C(=O)N2CCOCC2)c(Cl)c1Cl. The van der Waals surface area contributed by atoms with E-state index in [9.17, 15) is 9.59 Å². The van der Waals surface area contributed by atoms with Crippen molar-refractivity contribution < 1.29 is 24.2 Å². The maximum absolute atomic E-state index is 12.3. The highest BCUT2D eigenvalue weighted by molar-refractivity contribution is 7.99. The molecule has 1 amide bonds. The second-order valence-corrected chi connectivity index (χ2v) is 8.12. The molecule has 0 unspecified atom stereocenters. The van der Waals surface area contributed by atoms with E-state index in [2.05, 4.69) is 0 Å². The van der Waals surface area contributed by atoms with Crippen LogP contribution in [0.15, 0.2) is 52.3 Å². The third-order valence-electron chi connectivity index (χ3n) is 4.23. The monoisotopic (exact) mass is 467 g/mol. The van der Waals surface area contributed by atoms with E-state index in [0.717, 1.165) is 0 Å². The first-order valence-corrected chi connectivity index (χ1v) is 10.7. The van der Waals surface area contributed by atoms with Gasteiger partial charge >= 0.3 is 5.97 Å². The average Bonchev–Trinajstić information content (AvgIpc) is 2.76. The predicted octanol–water partition coefficient (Wildman–Crippen LogP) is 4.48. The van der Waals surface area contributed by atoms with Gasteiger partial charge in [-0.3, -0.25) is 4.79 Å². The Labute approximate surface area is 188 Å². The van der Waals surface area contributed by atoms with Crippen molar-refractivity contribution in [3.8, 4) is 5.75 Å². The molecule has 30 heavy (non-hydrogen) atoms. The van der Waals surface area contributed by atoms with Gasteiger partial charge < -0.3 is 19.5 Å². The van der Waals surface area contributed by atoms with E-state index < -0.39 is 12.6 Å². The highest BCUT2D eigenvalue weighted by Gasteiger charge is 2.16. The number of carboxylic acids is 1. The molecule has 0 saturated carbocycles. The third-order valence-corrected chi connectivity index (χ3v) is 6.35. The fourth-order valence-electron chi connectivity index (χ4n) is 2.72. The first-order chi connectivity index (χ1) is 14.5. The number of nitrogens with zero attached hydrogens (tertiary/aromatic N) is 1. The number of hydrogen-bond donors (Lipinski definition) is 1. The van der Waals surface area contributed by atoms with Crippen molar-refractivity contribution in [2.45, 2.75) is 9.79 Å². The summed E-state index contributed by atoms with van der Waals surface area (Å²) < 4.78 is 10.6. The lowest BCUT2D eigenvalue weighted by Crippen LogP contribution is -2.39. The molecular weight excluding hydrogens is 449 g/mol. The van der Waals surface area contributed by atoms with Crippen molar-refractivity contribution in [1.29, 1.82) is 0 Å². The van der Waals surface area contributed by atoms with Gasteiger partial charge in [0.05, 0.1) is 28.2 Å². The van der Waals surface area contributed by atoms with E-state index in [1.165, 1.54) is 17.8 Å². The smallest absolute Gasteiger partial charge is 0.341 e. The van der Waals surface area contributed by atoms with E-state index in [0.29, 0.717) is 57.5 Å². The van der Waals surface area contributed by atoms with Crippen molar-refractivity contribution >= 4 is 52.9 Å². The first-order valence-electron chi connectivity index (χ1n) is 9.10. The first kappa shape index (κ1) is 22.5. The molecule has 1 heterocycles. The van der Waals surface area contributed by atoms with Gasteiger partial charge in [-0.2, -0.15) is 0 Å². The molecule has 1 N–H and O–H groups in total. The van der Waals surface area contributed by atoms with Gasteiger partial charge in [0.25, 0.3) is 0 Å². The Morgan fingerprint density at radius 2 is 1.83 bits per heavy atom. The highest BCUT2D eigenvalue weighted by Crippen LogP contribution is 2.42. The van der Waals surface area contributed by atoms with Crippen LogP contribution in [0.4, 0.5) is 0 Å². The Kier molecular flexibility index (Phi) is 8.04. The van der Waals surface area contributed by atoms with Crippen LogP contribution in [0, 0.1) is 0 Å². The fraction of sp³-hybridized carbons (Fsp3) is 0.238. The molecule has 158 valence electrons. The molecule has 0 aromatic heterocycles. The van der Waals surface area contributed by atoms with E-state index in [-0.39, 0.29) is 5.91 Å². The maximum atomic E-state index is 12.3. The molecule has 6 nitrogen and oxygen atoms in total. The summed E-state index contributed by atoms with van der Waals surface area (Å²) in [4.78, 5) is 26.2. The van der Waals surface area contributed by atoms with Gasteiger partial charge in [0, 0.05) is 24.1 Å². The van der Waals surface area contributed by atoms with Gasteiger partial charge in [-0.25, -0.2) is 4.79 Å². The lowest BCUT2D eigenvalue weighted by Gasteiger charge is -2.25. The molecule has 0 aliphatic carbocycles. The number of aliphatic carboxylic acids is 1. The fourth-order valence-corrected chi connectivity index (χ4v) is 4.23. The number of halogens is 2. The van der Waals surface area contributed by atoms with Gasteiger partial charge in [0.2, 0.25) is 5.91 Å². The molecule has 9 heteroatoms. The van der Waals surface area contributed by atoms with Crippen molar-refractivity contribution in [2.75, 3.05) is 32.9 Å². The molecule has 2 aromatic rings. The minimum absolute atomic E-state index is 0.103. The van der Waals surface area contributed by atoms with E-state index in [1.807, 2.05) is 6.07 Å². The number of morpholine rings is 1. The summed E-state index contributed by atoms with van der Waals surface area (Å²) in [5.41, 5.74) is 0.628. The lowest BCUT2D eigenvalue weighted by molar-refractivity contribution is -0.139. The number of hydrogen-bond acceptors (Lipinski definition) is 5. The van der Waals surface area contributed by atoms with Crippen LogP contribution in [0.5, 0.6) is 5.75 Å². The Morgan fingerprint density at radius 1 is 1.10 bits per heavy atom. The minimum Gasteiger partial charge on any atom is -0.481 e. The molecule has 2 aromatic carbocycles. The zero-order valence-electron chi connectivity index (χ0n) is 15.8. The van der Waals surface area contributed by atoms with E-state index in [4.69, 9.17) is 37.8 Å². The lowest BCUT2D eigenvalue weighted by atomic mass is 10.2. The zero-order valence-corrected chi connectivity index (χ0v) is 18.2. The second kappa shape index (κ2) is 10.7. The van der Waals surface area contributed by atoms with Crippen LogP contribution in [-0.2, 0) is 14.3 Å². The summed E-state index contributed by atoms with van der Waals surface area (Å²) in [6, 6.07) is 10.6. The topological polar surface area (TPSA) is 76.1 Å². The third kappa shape index (κ3) is 5.92. The van der Waals surface area contributed by atoms with Crippen LogP contribution in [0.25, 0.3) is 6.08 Å². The molecule has 0 radical (unpaired) electrons. The summed E-state index contributed by atoms with van der Waals surface area (Å²) in [5.74, 6) is -0.718. The number of carbonyl (C=O) groups is 2. The normalized spacial score (nSPS) is 14.1.